The summed E-state index contributed by atoms with van der Waals surface area (Å²) < 4.78 is 0. The van der Waals surface area contributed by atoms with E-state index in [0.717, 1.165) is 18.4 Å². The summed E-state index contributed by atoms with van der Waals surface area (Å²) in [6.07, 6.45) is 6.77. The maximum Gasteiger partial charge on any atom is 0.108 e. The summed E-state index contributed by atoms with van der Waals surface area (Å²) in [5.41, 5.74) is 1.35. The van der Waals surface area contributed by atoms with Crippen LogP contribution in [0, 0.1) is 0 Å². The van der Waals surface area contributed by atoms with Gasteiger partial charge in [-0.25, -0.2) is 0 Å². The Kier molecular flexibility index (Phi) is 3.16. The summed E-state index contributed by atoms with van der Waals surface area (Å²) in [5, 5.41) is 13.3. The monoisotopic (exact) mass is 252 g/mol. The molecule has 19 heavy (non-hydrogen) atoms. The van der Waals surface area contributed by atoms with Gasteiger partial charge in [0.05, 0.1) is 0 Å². The molecule has 0 bridgehead atoms. The van der Waals surface area contributed by atoms with Gasteiger partial charge in [-0.05, 0) is 60.6 Å². The molecule has 1 heteroatoms. The molecule has 3 rings (SSSR count). The van der Waals surface area contributed by atoms with Crippen LogP contribution in [0.25, 0.3) is 10.8 Å². The molecule has 2 aromatic carbocycles. The molecular weight excluding hydrogens is 232 g/mol. The van der Waals surface area contributed by atoms with Crippen molar-refractivity contribution in [3.63, 3.8) is 0 Å². The summed E-state index contributed by atoms with van der Waals surface area (Å²) in [4.78, 5) is 0. The van der Waals surface area contributed by atoms with Crippen molar-refractivity contribution < 1.29 is 5.11 Å². The van der Waals surface area contributed by atoms with Gasteiger partial charge in [-0.1, -0.05) is 42.5 Å². The first-order chi connectivity index (χ1) is 9.18. The molecule has 1 N–H and O–H groups in total. The molecule has 0 saturated heterocycles. The fourth-order valence-electron chi connectivity index (χ4n) is 2.96. The first kappa shape index (κ1) is 12.4. The molecule has 98 valence electrons. The zero-order chi connectivity index (χ0) is 13.3. The van der Waals surface area contributed by atoms with Crippen LogP contribution < -0.4 is 0 Å². The van der Waals surface area contributed by atoms with Crippen LogP contribution >= 0.6 is 0 Å². The molecule has 0 saturated carbocycles. The minimum Gasteiger partial charge on any atom is -0.381 e. The lowest BCUT2D eigenvalue weighted by atomic mass is 9.81. The normalized spacial score (nSPS) is 18.9. The van der Waals surface area contributed by atoms with Gasteiger partial charge >= 0.3 is 0 Å². The molecular formula is C18H20O. The van der Waals surface area contributed by atoms with Crippen molar-refractivity contribution in [2.75, 3.05) is 0 Å². The Morgan fingerprint density at radius 2 is 1.79 bits per heavy atom. The fourth-order valence-corrected chi connectivity index (χ4v) is 2.96. The van der Waals surface area contributed by atoms with E-state index in [1.165, 1.54) is 29.2 Å². The second-order valence-electron chi connectivity index (χ2n) is 5.61. The van der Waals surface area contributed by atoms with Gasteiger partial charge in [0.1, 0.15) is 5.60 Å². The van der Waals surface area contributed by atoms with Gasteiger partial charge in [-0.15, -0.1) is 0 Å². The lowest BCUT2D eigenvalue weighted by Crippen LogP contribution is -2.25. The van der Waals surface area contributed by atoms with Gasteiger partial charge in [0, 0.05) is 0 Å². The van der Waals surface area contributed by atoms with Crippen LogP contribution in [-0.2, 0) is 5.60 Å². The third kappa shape index (κ3) is 2.31. The molecule has 0 amide bonds. The average molecular weight is 252 g/mol. The molecule has 0 heterocycles. The Balaban J connectivity index is 2.04. The Hall–Kier alpha value is -1.60. The van der Waals surface area contributed by atoms with E-state index in [1.54, 1.807) is 0 Å². The minimum absolute atomic E-state index is 0.829. The molecule has 1 aliphatic rings. The van der Waals surface area contributed by atoms with Crippen LogP contribution in [0.15, 0.2) is 54.1 Å². The van der Waals surface area contributed by atoms with Crippen molar-refractivity contribution >= 4 is 10.8 Å². The first-order valence-corrected chi connectivity index (χ1v) is 7.09. The van der Waals surface area contributed by atoms with Gasteiger partial charge in [0.15, 0.2) is 0 Å². The van der Waals surface area contributed by atoms with E-state index in [-0.39, 0.29) is 0 Å². The van der Waals surface area contributed by atoms with Crippen LogP contribution in [0.4, 0.5) is 0 Å². The highest BCUT2D eigenvalue weighted by Crippen LogP contribution is 2.36. The van der Waals surface area contributed by atoms with E-state index >= 15 is 0 Å². The summed E-state index contributed by atoms with van der Waals surface area (Å²) in [6, 6.07) is 14.6. The molecule has 0 aromatic heterocycles. The Labute approximate surface area is 114 Å². The third-order valence-corrected chi connectivity index (χ3v) is 4.23. The molecule has 2 aromatic rings. The maximum atomic E-state index is 10.9. The zero-order valence-corrected chi connectivity index (χ0v) is 11.4. The van der Waals surface area contributed by atoms with Crippen LogP contribution in [0.5, 0.6) is 0 Å². The van der Waals surface area contributed by atoms with E-state index in [0.29, 0.717) is 0 Å². The number of hydrogen-bond acceptors (Lipinski definition) is 1. The number of rotatable bonds is 2. The van der Waals surface area contributed by atoms with E-state index in [4.69, 9.17) is 0 Å². The summed E-state index contributed by atoms with van der Waals surface area (Å²) in [7, 11) is 0. The number of aliphatic hydroxyl groups is 1. The van der Waals surface area contributed by atoms with E-state index in [1.807, 2.05) is 19.1 Å². The summed E-state index contributed by atoms with van der Waals surface area (Å²) in [6.45, 7) is 1.92. The number of fused-ring (bicyclic) bond motifs is 1. The topological polar surface area (TPSA) is 20.2 Å². The van der Waals surface area contributed by atoms with Gasteiger partial charge < -0.3 is 5.11 Å². The largest absolute Gasteiger partial charge is 0.381 e. The second kappa shape index (κ2) is 4.82. The van der Waals surface area contributed by atoms with Crippen molar-refractivity contribution in [3.8, 4) is 0 Å². The van der Waals surface area contributed by atoms with Crippen molar-refractivity contribution in [2.24, 2.45) is 0 Å². The van der Waals surface area contributed by atoms with E-state index in [9.17, 15) is 5.11 Å². The summed E-state index contributed by atoms with van der Waals surface area (Å²) in [5.74, 6) is 0. The molecule has 0 spiro atoms. The quantitative estimate of drug-likeness (QED) is 0.777. The van der Waals surface area contributed by atoms with Crippen molar-refractivity contribution in [3.05, 3.63) is 59.7 Å². The predicted molar refractivity (Wildman–Crippen MR) is 80.1 cm³/mol. The molecule has 1 unspecified atom stereocenters. The van der Waals surface area contributed by atoms with Crippen LogP contribution in [0.2, 0.25) is 0 Å². The molecule has 0 fully saturated rings. The van der Waals surface area contributed by atoms with Crippen molar-refractivity contribution in [2.45, 2.75) is 38.2 Å². The predicted octanol–water partition coefficient (Wildman–Crippen LogP) is 4.55. The zero-order valence-electron chi connectivity index (χ0n) is 11.4. The van der Waals surface area contributed by atoms with Crippen molar-refractivity contribution in [1.29, 1.82) is 0 Å². The minimum atomic E-state index is -0.829. The number of hydrogen-bond donors (Lipinski definition) is 1. The van der Waals surface area contributed by atoms with Crippen LogP contribution in [-0.4, -0.2) is 5.11 Å². The highest BCUT2D eigenvalue weighted by Gasteiger charge is 2.28. The number of benzene rings is 2. The average Bonchev–Trinajstić information content (AvgIpc) is 2.47. The SMILES string of the molecule is CC(O)(C1=CCCCC1)c1ccc2ccccc2c1. The Bertz CT molecular complexity index is 622. The second-order valence-corrected chi connectivity index (χ2v) is 5.61. The van der Waals surface area contributed by atoms with Gasteiger partial charge in [0.2, 0.25) is 0 Å². The van der Waals surface area contributed by atoms with E-state index in [2.05, 4.69) is 36.4 Å². The molecule has 1 nitrogen and oxygen atoms in total. The smallest absolute Gasteiger partial charge is 0.108 e. The van der Waals surface area contributed by atoms with Gasteiger partial charge in [-0.3, -0.25) is 0 Å². The van der Waals surface area contributed by atoms with Gasteiger partial charge in [0.25, 0.3) is 0 Å². The van der Waals surface area contributed by atoms with Crippen molar-refractivity contribution in [1.82, 2.24) is 0 Å². The standard InChI is InChI=1S/C18H20O/c1-18(19,16-9-3-2-4-10-16)17-12-11-14-7-5-6-8-15(14)13-17/h5-9,11-13,19H,2-4,10H2,1H3. The lowest BCUT2D eigenvalue weighted by molar-refractivity contribution is 0.0916. The maximum absolute atomic E-state index is 10.9. The number of allylic oxidation sites excluding steroid dienone is 1. The molecule has 0 aliphatic heterocycles. The highest BCUT2D eigenvalue weighted by atomic mass is 16.3. The molecule has 1 atom stereocenters. The van der Waals surface area contributed by atoms with Crippen LogP contribution in [0.1, 0.15) is 38.2 Å². The first-order valence-electron chi connectivity index (χ1n) is 7.09. The van der Waals surface area contributed by atoms with Gasteiger partial charge in [-0.2, -0.15) is 0 Å². The third-order valence-electron chi connectivity index (χ3n) is 4.23. The highest BCUT2D eigenvalue weighted by molar-refractivity contribution is 5.83. The summed E-state index contributed by atoms with van der Waals surface area (Å²) >= 11 is 0. The Morgan fingerprint density at radius 1 is 1.00 bits per heavy atom. The lowest BCUT2D eigenvalue weighted by Gasteiger charge is -2.30. The Morgan fingerprint density at radius 3 is 2.53 bits per heavy atom. The van der Waals surface area contributed by atoms with Crippen LogP contribution in [0.3, 0.4) is 0 Å². The molecule has 0 radical (unpaired) electrons. The molecule has 1 aliphatic carbocycles. The van der Waals surface area contributed by atoms with E-state index < -0.39 is 5.60 Å². The fraction of sp³-hybridized carbons (Fsp3) is 0.333.